The van der Waals surface area contributed by atoms with Gasteiger partial charge in [0.2, 0.25) is 5.91 Å². The van der Waals surface area contributed by atoms with Crippen LogP contribution in [0, 0.1) is 11.8 Å². The van der Waals surface area contributed by atoms with Gasteiger partial charge in [-0.2, -0.15) is 0 Å². The molecule has 2 rings (SSSR count). The van der Waals surface area contributed by atoms with Gasteiger partial charge in [-0.3, -0.25) is 10.1 Å². The van der Waals surface area contributed by atoms with Crippen LogP contribution in [0.2, 0.25) is 0 Å². The van der Waals surface area contributed by atoms with E-state index in [1.54, 1.807) is 0 Å². The maximum atomic E-state index is 11.2. The Bertz CT molecular complexity index is 283. The van der Waals surface area contributed by atoms with E-state index in [4.69, 9.17) is 5.73 Å². The molecule has 2 aliphatic heterocycles. The molecule has 0 saturated carbocycles. The van der Waals surface area contributed by atoms with Crippen molar-refractivity contribution in [3.8, 4) is 0 Å². The summed E-state index contributed by atoms with van der Waals surface area (Å²) in [4.78, 5) is 23.9. The number of hydrogen-bond acceptors (Lipinski definition) is 4. The first-order valence-electron chi connectivity index (χ1n) is 5.67. The van der Waals surface area contributed by atoms with E-state index in [2.05, 4.69) is 15.5 Å². The van der Waals surface area contributed by atoms with Gasteiger partial charge < -0.3 is 16.0 Å². The lowest BCUT2D eigenvalue weighted by molar-refractivity contribution is -0.120. The van der Waals surface area contributed by atoms with Crippen LogP contribution in [-0.2, 0) is 4.79 Å². The van der Waals surface area contributed by atoms with E-state index < -0.39 is 6.03 Å². The van der Waals surface area contributed by atoms with Crippen molar-refractivity contribution in [3.63, 3.8) is 0 Å². The Balaban J connectivity index is 1.68. The summed E-state index contributed by atoms with van der Waals surface area (Å²) in [5, 5.41) is 5.45. The van der Waals surface area contributed by atoms with Crippen LogP contribution in [0.4, 0.5) is 4.79 Å². The third kappa shape index (κ3) is 2.70. The molecule has 0 aliphatic carbocycles. The second-order valence-corrected chi connectivity index (χ2v) is 4.60. The fraction of sp³-hybridized carbons (Fsp3) is 0.800. The molecule has 0 spiro atoms. The van der Waals surface area contributed by atoms with E-state index >= 15 is 0 Å². The van der Waals surface area contributed by atoms with Gasteiger partial charge in [-0.15, -0.1) is 0 Å². The molecule has 0 unspecified atom stereocenters. The minimum atomic E-state index is -0.771. The fourth-order valence-electron chi connectivity index (χ4n) is 2.59. The zero-order valence-corrected chi connectivity index (χ0v) is 9.24. The number of amides is 3. The van der Waals surface area contributed by atoms with E-state index in [-0.39, 0.29) is 5.91 Å². The Hall–Kier alpha value is -1.14. The number of nitrogens with one attached hydrogen (secondary N) is 2. The largest absolute Gasteiger partial charge is 0.351 e. The standard InChI is InChI=1S/C10H18N4O2/c11-10(16)13-9(15)1-2-14-5-7-3-12-4-8(7)6-14/h7-8,12H,1-6H2,(H3,11,13,15,16)/t7-,8+. The van der Waals surface area contributed by atoms with Crippen LogP contribution in [0.25, 0.3) is 0 Å². The summed E-state index contributed by atoms with van der Waals surface area (Å²) < 4.78 is 0. The van der Waals surface area contributed by atoms with E-state index in [1.807, 2.05) is 0 Å². The smallest absolute Gasteiger partial charge is 0.318 e. The summed E-state index contributed by atoms with van der Waals surface area (Å²) in [6.45, 7) is 5.01. The highest BCUT2D eigenvalue weighted by Crippen LogP contribution is 2.25. The Kier molecular flexibility index (Phi) is 3.40. The normalized spacial score (nSPS) is 29.0. The van der Waals surface area contributed by atoms with Crippen LogP contribution in [0.5, 0.6) is 0 Å². The molecule has 6 nitrogen and oxygen atoms in total. The molecule has 0 aromatic heterocycles. The van der Waals surface area contributed by atoms with Crippen molar-refractivity contribution in [2.24, 2.45) is 17.6 Å². The number of primary amides is 1. The molecular weight excluding hydrogens is 208 g/mol. The number of likely N-dealkylation sites (tertiary alicyclic amines) is 1. The quantitative estimate of drug-likeness (QED) is 0.559. The highest BCUT2D eigenvalue weighted by Gasteiger charge is 2.35. The van der Waals surface area contributed by atoms with Crippen molar-refractivity contribution in [1.29, 1.82) is 0 Å². The van der Waals surface area contributed by atoms with Crippen molar-refractivity contribution >= 4 is 11.9 Å². The molecular formula is C10H18N4O2. The predicted octanol–water partition coefficient (Wildman–Crippen LogP) is -1.28. The summed E-state index contributed by atoms with van der Waals surface area (Å²) in [5.74, 6) is 1.18. The van der Waals surface area contributed by atoms with Crippen molar-refractivity contribution in [2.75, 3.05) is 32.7 Å². The summed E-state index contributed by atoms with van der Waals surface area (Å²) in [5.41, 5.74) is 4.86. The molecule has 0 bridgehead atoms. The van der Waals surface area contributed by atoms with Crippen LogP contribution in [-0.4, -0.2) is 49.6 Å². The average molecular weight is 226 g/mol. The minimum absolute atomic E-state index is 0.289. The Morgan fingerprint density at radius 3 is 2.50 bits per heavy atom. The summed E-state index contributed by atoms with van der Waals surface area (Å²) in [7, 11) is 0. The molecule has 90 valence electrons. The minimum Gasteiger partial charge on any atom is -0.351 e. The van der Waals surface area contributed by atoms with Gasteiger partial charge in [0.15, 0.2) is 0 Å². The molecule has 4 N–H and O–H groups in total. The number of carbonyl (C=O) groups excluding carboxylic acids is 2. The van der Waals surface area contributed by atoms with Crippen LogP contribution in [0.3, 0.4) is 0 Å². The molecule has 0 radical (unpaired) electrons. The van der Waals surface area contributed by atoms with Crippen LogP contribution in [0.1, 0.15) is 6.42 Å². The topological polar surface area (TPSA) is 87.5 Å². The number of carbonyl (C=O) groups is 2. The first-order chi connectivity index (χ1) is 7.65. The second kappa shape index (κ2) is 4.80. The molecule has 0 aromatic rings. The van der Waals surface area contributed by atoms with Gasteiger partial charge in [0.05, 0.1) is 0 Å². The van der Waals surface area contributed by atoms with E-state index in [0.29, 0.717) is 13.0 Å². The molecule has 0 aromatic carbocycles. The first kappa shape index (κ1) is 11.3. The maximum Gasteiger partial charge on any atom is 0.318 e. The molecule has 16 heavy (non-hydrogen) atoms. The number of urea groups is 1. The Morgan fingerprint density at radius 1 is 1.31 bits per heavy atom. The zero-order valence-electron chi connectivity index (χ0n) is 9.24. The monoisotopic (exact) mass is 226 g/mol. The van der Waals surface area contributed by atoms with Crippen LogP contribution in [0.15, 0.2) is 0 Å². The average Bonchev–Trinajstić information content (AvgIpc) is 2.72. The van der Waals surface area contributed by atoms with Gasteiger partial charge in [0.25, 0.3) is 0 Å². The molecule has 6 heteroatoms. The number of fused-ring (bicyclic) bond motifs is 1. The second-order valence-electron chi connectivity index (χ2n) is 4.60. The highest BCUT2D eigenvalue weighted by molar-refractivity contribution is 5.93. The predicted molar refractivity (Wildman–Crippen MR) is 58.6 cm³/mol. The number of nitrogens with zero attached hydrogens (tertiary/aromatic N) is 1. The lowest BCUT2D eigenvalue weighted by atomic mass is 10.0. The SMILES string of the molecule is NC(=O)NC(=O)CCN1C[C@H]2CNC[C@H]2C1. The first-order valence-corrected chi connectivity index (χ1v) is 5.67. The van der Waals surface area contributed by atoms with Gasteiger partial charge in [-0.05, 0) is 24.9 Å². The number of imide groups is 1. The summed E-state index contributed by atoms with van der Waals surface area (Å²) >= 11 is 0. The molecule has 3 amide bonds. The third-order valence-corrected chi connectivity index (χ3v) is 3.38. The molecule has 2 heterocycles. The molecule has 2 atom stereocenters. The Morgan fingerprint density at radius 2 is 1.94 bits per heavy atom. The van der Waals surface area contributed by atoms with Crippen LogP contribution >= 0.6 is 0 Å². The van der Waals surface area contributed by atoms with Gasteiger partial charge in [0.1, 0.15) is 0 Å². The van der Waals surface area contributed by atoms with Gasteiger partial charge >= 0.3 is 6.03 Å². The number of hydrogen-bond donors (Lipinski definition) is 3. The number of rotatable bonds is 3. The highest BCUT2D eigenvalue weighted by atomic mass is 16.2. The van der Waals surface area contributed by atoms with E-state index in [1.165, 1.54) is 0 Å². The lowest BCUT2D eigenvalue weighted by Gasteiger charge is -2.15. The molecule has 2 saturated heterocycles. The maximum absolute atomic E-state index is 11.2. The van der Waals surface area contributed by atoms with Crippen molar-refractivity contribution in [3.05, 3.63) is 0 Å². The summed E-state index contributed by atoms with van der Waals surface area (Å²) in [6.07, 6.45) is 0.343. The van der Waals surface area contributed by atoms with E-state index in [9.17, 15) is 9.59 Å². The molecule has 2 aliphatic rings. The summed E-state index contributed by atoms with van der Waals surface area (Å²) in [6, 6.07) is -0.771. The van der Waals surface area contributed by atoms with Gasteiger partial charge in [-0.1, -0.05) is 0 Å². The lowest BCUT2D eigenvalue weighted by Crippen LogP contribution is -2.37. The number of nitrogens with two attached hydrogens (primary N) is 1. The van der Waals surface area contributed by atoms with Gasteiger partial charge in [-0.25, -0.2) is 4.79 Å². The molecule has 2 fully saturated rings. The fourth-order valence-corrected chi connectivity index (χ4v) is 2.59. The van der Waals surface area contributed by atoms with Crippen molar-refractivity contribution in [1.82, 2.24) is 15.5 Å². The third-order valence-electron chi connectivity index (χ3n) is 3.38. The Labute approximate surface area is 94.5 Å². The van der Waals surface area contributed by atoms with Crippen molar-refractivity contribution in [2.45, 2.75) is 6.42 Å². The van der Waals surface area contributed by atoms with E-state index in [0.717, 1.165) is 38.0 Å². The van der Waals surface area contributed by atoms with Gasteiger partial charge in [0, 0.05) is 26.1 Å². The van der Waals surface area contributed by atoms with Crippen molar-refractivity contribution < 1.29 is 9.59 Å². The van der Waals surface area contributed by atoms with Crippen LogP contribution < -0.4 is 16.4 Å². The zero-order chi connectivity index (χ0) is 11.5.